The van der Waals surface area contributed by atoms with E-state index >= 15 is 0 Å². The van der Waals surface area contributed by atoms with Crippen LogP contribution in [0, 0.1) is 6.92 Å². The molecule has 0 aliphatic carbocycles. The first-order valence-corrected chi connectivity index (χ1v) is 8.46. The fraction of sp³-hybridized carbons (Fsp3) is 0.632. The van der Waals surface area contributed by atoms with Crippen LogP contribution in [0.3, 0.4) is 0 Å². The minimum atomic E-state index is 0.156. The first kappa shape index (κ1) is 17.0. The summed E-state index contributed by atoms with van der Waals surface area (Å²) in [6.07, 6.45) is 2.53. The van der Waals surface area contributed by atoms with Gasteiger partial charge >= 0.3 is 0 Å². The van der Waals surface area contributed by atoms with Gasteiger partial charge in [-0.2, -0.15) is 0 Å². The summed E-state index contributed by atoms with van der Waals surface area (Å²) in [6.45, 7) is 12.5. The molecule has 1 aromatic carbocycles. The lowest BCUT2D eigenvalue weighted by molar-refractivity contribution is -0.130. The second-order valence-corrected chi connectivity index (χ2v) is 7.38. The molecule has 1 aromatic rings. The van der Waals surface area contributed by atoms with Crippen molar-refractivity contribution in [1.82, 2.24) is 10.2 Å². The fourth-order valence-corrected chi connectivity index (χ4v) is 2.90. The number of amides is 1. The molecule has 0 bridgehead atoms. The molecular weight excluding hydrogens is 272 g/mol. The Morgan fingerprint density at radius 3 is 2.73 bits per heavy atom. The maximum Gasteiger partial charge on any atom is 0.222 e. The summed E-state index contributed by atoms with van der Waals surface area (Å²) >= 11 is 0. The molecule has 0 unspecified atom stereocenters. The van der Waals surface area contributed by atoms with Gasteiger partial charge in [0.15, 0.2) is 0 Å². The lowest BCUT2D eigenvalue weighted by Crippen LogP contribution is -2.34. The lowest BCUT2D eigenvalue weighted by atomic mass is 9.84. The zero-order chi connectivity index (χ0) is 16.2. The Bertz CT molecular complexity index is 509. The van der Waals surface area contributed by atoms with E-state index in [-0.39, 0.29) is 5.41 Å². The topological polar surface area (TPSA) is 32.3 Å². The van der Waals surface area contributed by atoms with E-state index in [9.17, 15) is 4.79 Å². The predicted molar refractivity (Wildman–Crippen MR) is 92.3 cm³/mol. The van der Waals surface area contributed by atoms with E-state index in [2.05, 4.69) is 51.2 Å². The standard InChI is InChI=1S/C19H30N2O/c1-15-6-8-17(19(2,3)4)14-16(15)7-9-18(22)21-12-5-10-20-11-13-21/h6,8,14,20H,5,7,9-13H2,1-4H3. The summed E-state index contributed by atoms with van der Waals surface area (Å²) in [5, 5.41) is 3.35. The van der Waals surface area contributed by atoms with Gasteiger partial charge in [-0.15, -0.1) is 0 Å². The van der Waals surface area contributed by atoms with Crippen molar-refractivity contribution in [2.45, 2.75) is 52.4 Å². The summed E-state index contributed by atoms with van der Waals surface area (Å²) in [4.78, 5) is 14.4. The SMILES string of the molecule is Cc1ccc(C(C)(C)C)cc1CCC(=O)N1CCCNCC1. The van der Waals surface area contributed by atoms with E-state index < -0.39 is 0 Å². The van der Waals surface area contributed by atoms with Gasteiger partial charge in [-0.3, -0.25) is 4.79 Å². The van der Waals surface area contributed by atoms with Gasteiger partial charge in [-0.1, -0.05) is 39.0 Å². The Hall–Kier alpha value is -1.35. The number of aryl methyl sites for hydroxylation is 2. The molecule has 1 saturated heterocycles. The Morgan fingerprint density at radius 1 is 1.23 bits per heavy atom. The molecule has 0 saturated carbocycles. The van der Waals surface area contributed by atoms with Crippen LogP contribution < -0.4 is 5.32 Å². The van der Waals surface area contributed by atoms with Crippen LogP contribution >= 0.6 is 0 Å². The highest BCUT2D eigenvalue weighted by atomic mass is 16.2. The number of nitrogens with one attached hydrogen (secondary N) is 1. The first-order valence-electron chi connectivity index (χ1n) is 8.46. The third-order valence-electron chi connectivity index (χ3n) is 4.52. The molecule has 1 N–H and O–H groups in total. The predicted octanol–water partition coefficient (Wildman–Crippen LogP) is 3.05. The van der Waals surface area contributed by atoms with Crippen molar-refractivity contribution in [1.29, 1.82) is 0 Å². The van der Waals surface area contributed by atoms with Crippen molar-refractivity contribution in [2.24, 2.45) is 0 Å². The van der Waals surface area contributed by atoms with Crippen LogP contribution in [-0.2, 0) is 16.6 Å². The molecule has 3 heteroatoms. The molecule has 1 fully saturated rings. The Labute approximate surface area is 135 Å². The average molecular weight is 302 g/mol. The lowest BCUT2D eigenvalue weighted by Gasteiger charge is -2.22. The molecule has 3 nitrogen and oxygen atoms in total. The highest BCUT2D eigenvalue weighted by molar-refractivity contribution is 5.76. The van der Waals surface area contributed by atoms with Crippen molar-refractivity contribution < 1.29 is 4.79 Å². The number of rotatable bonds is 3. The third kappa shape index (κ3) is 4.57. The van der Waals surface area contributed by atoms with Gasteiger partial charge in [0.25, 0.3) is 0 Å². The first-order chi connectivity index (χ1) is 10.4. The molecule has 2 rings (SSSR count). The van der Waals surface area contributed by atoms with Gasteiger partial charge in [0, 0.05) is 26.1 Å². The second-order valence-electron chi connectivity index (χ2n) is 7.38. The summed E-state index contributed by atoms with van der Waals surface area (Å²) in [5.41, 5.74) is 4.11. The number of benzene rings is 1. The van der Waals surface area contributed by atoms with E-state index in [1.807, 2.05) is 4.90 Å². The minimum Gasteiger partial charge on any atom is -0.341 e. The maximum atomic E-state index is 12.4. The molecule has 0 radical (unpaired) electrons. The van der Waals surface area contributed by atoms with Crippen LogP contribution in [0.25, 0.3) is 0 Å². The normalized spacial score (nSPS) is 16.5. The number of nitrogens with zero attached hydrogens (tertiary/aromatic N) is 1. The van der Waals surface area contributed by atoms with E-state index in [0.29, 0.717) is 12.3 Å². The minimum absolute atomic E-state index is 0.156. The van der Waals surface area contributed by atoms with E-state index in [0.717, 1.165) is 39.0 Å². The second kappa shape index (κ2) is 7.28. The molecular formula is C19H30N2O. The molecule has 1 aliphatic heterocycles. The van der Waals surface area contributed by atoms with E-state index in [1.54, 1.807) is 0 Å². The molecule has 1 amide bonds. The number of carbonyl (C=O) groups excluding carboxylic acids is 1. The smallest absolute Gasteiger partial charge is 0.222 e. The Kier molecular flexibility index (Phi) is 5.63. The Morgan fingerprint density at radius 2 is 2.00 bits per heavy atom. The maximum absolute atomic E-state index is 12.4. The molecule has 1 aliphatic rings. The summed E-state index contributed by atoms with van der Waals surface area (Å²) in [7, 11) is 0. The molecule has 22 heavy (non-hydrogen) atoms. The number of hydrogen-bond donors (Lipinski definition) is 1. The fourth-order valence-electron chi connectivity index (χ4n) is 2.90. The molecule has 0 spiro atoms. The summed E-state index contributed by atoms with van der Waals surface area (Å²) < 4.78 is 0. The van der Waals surface area contributed by atoms with E-state index in [4.69, 9.17) is 0 Å². The van der Waals surface area contributed by atoms with Crippen molar-refractivity contribution in [3.63, 3.8) is 0 Å². The van der Waals surface area contributed by atoms with Gasteiger partial charge in [0.1, 0.15) is 0 Å². The summed E-state index contributed by atoms with van der Waals surface area (Å²) in [5.74, 6) is 0.296. The summed E-state index contributed by atoms with van der Waals surface area (Å²) in [6, 6.07) is 6.68. The Balaban J connectivity index is 1.99. The highest BCUT2D eigenvalue weighted by Crippen LogP contribution is 2.25. The van der Waals surface area contributed by atoms with Crippen LogP contribution in [-0.4, -0.2) is 37.0 Å². The van der Waals surface area contributed by atoms with E-state index in [1.165, 1.54) is 16.7 Å². The average Bonchev–Trinajstić information content (AvgIpc) is 2.74. The van der Waals surface area contributed by atoms with Gasteiger partial charge in [-0.25, -0.2) is 0 Å². The van der Waals surface area contributed by atoms with Crippen LogP contribution in [0.1, 0.15) is 50.3 Å². The van der Waals surface area contributed by atoms with Gasteiger partial charge < -0.3 is 10.2 Å². The van der Waals surface area contributed by atoms with Crippen molar-refractivity contribution in [3.05, 3.63) is 34.9 Å². The zero-order valence-electron chi connectivity index (χ0n) is 14.5. The van der Waals surface area contributed by atoms with Crippen LogP contribution in [0.5, 0.6) is 0 Å². The molecule has 0 atom stereocenters. The zero-order valence-corrected chi connectivity index (χ0v) is 14.5. The molecule has 0 aromatic heterocycles. The number of hydrogen-bond acceptors (Lipinski definition) is 2. The van der Waals surface area contributed by atoms with Gasteiger partial charge in [0.2, 0.25) is 5.91 Å². The number of carbonyl (C=O) groups is 1. The van der Waals surface area contributed by atoms with Crippen molar-refractivity contribution in [2.75, 3.05) is 26.2 Å². The largest absolute Gasteiger partial charge is 0.341 e. The third-order valence-corrected chi connectivity index (χ3v) is 4.52. The van der Waals surface area contributed by atoms with Crippen molar-refractivity contribution in [3.8, 4) is 0 Å². The monoisotopic (exact) mass is 302 g/mol. The quantitative estimate of drug-likeness (QED) is 0.931. The molecule has 122 valence electrons. The van der Waals surface area contributed by atoms with Gasteiger partial charge in [-0.05, 0) is 48.4 Å². The van der Waals surface area contributed by atoms with Crippen LogP contribution in [0.4, 0.5) is 0 Å². The van der Waals surface area contributed by atoms with Crippen molar-refractivity contribution >= 4 is 5.91 Å². The highest BCUT2D eigenvalue weighted by Gasteiger charge is 2.17. The van der Waals surface area contributed by atoms with Crippen LogP contribution in [0.2, 0.25) is 0 Å². The van der Waals surface area contributed by atoms with Crippen LogP contribution in [0.15, 0.2) is 18.2 Å². The van der Waals surface area contributed by atoms with Gasteiger partial charge in [0.05, 0.1) is 0 Å². The molecule has 1 heterocycles.